The lowest BCUT2D eigenvalue weighted by Crippen LogP contribution is -2.70. The fourth-order valence-corrected chi connectivity index (χ4v) is 4.81. The van der Waals surface area contributed by atoms with Gasteiger partial charge in [0.1, 0.15) is 0 Å². The minimum absolute atomic E-state index is 0.254. The molecule has 0 spiro atoms. The van der Waals surface area contributed by atoms with E-state index in [9.17, 15) is 0 Å². The van der Waals surface area contributed by atoms with E-state index >= 15 is 0 Å². The summed E-state index contributed by atoms with van der Waals surface area (Å²) in [6, 6.07) is 0.576. The van der Waals surface area contributed by atoms with E-state index in [1.807, 2.05) is 0 Å². The van der Waals surface area contributed by atoms with Crippen LogP contribution in [0.5, 0.6) is 0 Å². The van der Waals surface area contributed by atoms with Gasteiger partial charge in [-0.25, -0.2) is 5.43 Å². The van der Waals surface area contributed by atoms with Gasteiger partial charge in [-0.3, -0.25) is 5.43 Å². The van der Waals surface area contributed by atoms with E-state index in [2.05, 4.69) is 21.5 Å². The third kappa shape index (κ3) is 3.94. The fraction of sp³-hybridized carbons (Fsp3) is 1.00. The molecule has 0 bridgehead atoms. The third-order valence-corrected chi connectivity index (χ3v) is 6.22. The Bertz CT molecular complexity index is 338. The van der Waals surface area contributed by atoms with Crippen molar-refractivity contribution in [1.82, 2.24) is 21.5 Å². The predicted molar refractivity (Wildman–Crippen MR) is 89.6 cm³/mol. The minimum Gasteiger partial charge on any atom is -0.396 e. The summed E-state index contributed by atoms with van der Waals surface area (Å²) in [7, 11) is 0. The van der Waals surface area contributed by atoms with Crippen molar-refractivity contribution in [2.45, 2.75) is 56.1 Å². The first-order chi connectivity index (χ1) is 10.8. The molecule has 6 heteroatoms. The van der Waals surface area contributed by atoms with Crippen molar-refractivity contribution in [3.05, 3.63) is 0 Å². The molecular formula is C16H31ClN4O. The molecule has 5 nitrogen and oxygen atoms in total. The van der Waals surface area contributed by atoms with Crippen molar-refractivity contribution in [2.24, 2.45) is 17.8 Å². The summed E-state index contributed by atoms with van der Waals surface area (Å²) in [5.74, 6) is 2.10. The number of halogens is 1. The van der Waals surface area contributed by atoms with Gasteiger partial charge in [0.15, 0.2) is 0 Å². The van der Waals surface area contributed by atoms with Crippen LogP contribution in [-0.4, -0.2) is 48.9 Å². The van der Waals surface area contributed by atoms with E-state index in [0.29, 0.717) is 23.5 Å². The molecule has 4 unspecified atom stereocenters. The Morgan fingerprint density at radius 2 is 1.86 bits per heavy atom. The van der Waals surface area contributed by atoms with Crippen LogP contribution in [0.2, 0.25) is 0 Å². The van der Waals surface area contributed by atoms with Crippen LogP contribution in [0.25, 0.3) is 0 Å². The number of rotatable bonds is 5. The monoisotopic (exact) mass is 330 g/mol. The van der Waals surface area contributed by atoms with Gasteiger partial charge in [0.2, 0.25) is 0 Å². The van der Waals surface area contributed by atoms with Crippen LogP contribution >= 0.6 is 11.6 Å². The molecule has 3 rings (SSSR count). The summed E-state index contributed by atoms with van der Waals surface area (Å²) in [6.07, 6.45) is 7.20. The third-order valence-electron chi connectivity index (χ3n) is 5.79. The highest BCUT2D eigenvalue weighted by Gasteiger charge is 2.43. The topological polar surface area (TPSA) is 68.3 Å². The zero-order valence-corrected chi connectivity index (χ0v) is 14.1. The first-order valence-corrected chi connectivity index (χ1v) is 9.43. The molecule has 4 atom stereocenters. The van der Waals surface area contributed by atoms with Crippen LogP contribution in [0.4, 0.5) is 0 Å². The van der Waals surface area contributed by atoms with E-state index in [-0.39, 0.29) is 6.61 Å². The summed E-state index contributed by atoms with van der Waals surface area (Å²) in [5, 5.41) is 16.5. The first-order valence-electron chi connectivity index (χ1n) is 8.99. The molecule has 128 valence electrons. The smallest absolute Gasteiger partial charge is 0.0748 e. The Labute approximate surface area is 138 Å². The number of hydrazine groups is 1. The van der Waals surface area contributed by atoms with Gasteiger partial charge in [-0.1, -0.05) is 0 Å². The molecule has 3 fully saturated rings. The van der Waals surface area contributed by atoms with Gasteiger partial charge in [0.25, 0.3) is 0 Å². The number of aliphatic hydroxyl groups is 1. The molecule has 0 aromatic heterocycles. The van der Waals surface area contributed by atoms with Crippen LogP contribution in [0.1, 0.15) is 38.5 Å². The van der Waals surface area contributed by atoms with E-state index in [4.69, 9.17) is 16.7 Å². The van der Waals surface area contributed by atoms with Gasteiger partial charge in [0.05, 0.1) is 6.17 Å². The van der Waals surface area contributed by atoms with Gasteiger partial charge in [0, 0.05) is 30.5 Å². The number of fused-ring (bicyclic) bond motifs is 1. The maximum Gasteiger partial charge on any atom is 0.0748 e. The summed E-state index contributed by atoms with van der Waals surface area (Å²) in [6.45, 7) is 3.33. The molecular weight excluding hydrogens is 300 g/mol. The van der Waals surface area contributed by atoms with Crippen molar-refractivity contribution in [2.75, 3.05) is 26.2 Å². The molecule has 2 saturated heterocycles. The molecule has 3 aliphatic rings. The SMILES string of the molecule is OCCCNC1NNC(C2CCC(Cl)CC2)C2CCNCC12. The Kier molecular flexibility index (Phi) is 6.36. The average Bonchev–Trinajstić information content (AvgIpc) is 2.56. The Hall–Kier alpha value is 0.0900. The maximum absolute atomic E-state index is 8.96. The van der Waals surface area contributed by atoms with Crippen LogP contribution in [-0.2, 0) is 0 Å². The second-order valence-corrected chi connectivity index (χ2v) is 7.77. The van der Waals surface area contributed by atoms with E-state index < -0.39 is 0 Å². The van der Waals surface area contributed by atoms with E-state index in [1.54, 1.807) is 0 Å². The quantitative estimate of drug-likeness (QED) is 0.381. The van der Waals surface area contributed by atoms with Crippen LogP contribution in [0, 0.1) is 17.8 Å². The van der Waals surface area contributed by atoms with Crippen molar-refractivity contribution < 1.29 is 5.11 Å². The molecule has 0 amide bonds. The van der Waals surface area contributed by atoms with Crippen molar-refractivity contribution >= 4 is 11.6 Å². The number of hydrogen-bond acceptors (Lipinski definition) is 5. The molecule has 2 heterocycles. The number of piperidine rings is 1. The Balaban J connectivity index is 1.60. The summed E-state index contributed by atoms with van der Waals surface area (Å²) >= 11 is 6.28. The zero-order chi connectivity index (χ0) is 15.4. The molecule has 5 N–H and O–H groups in total. The minimum atomic E-state index is 0.254. The van der Waals surface area contributed by atoms with Crippen molar-refractivity contribution in [3.8, 4) is 0 Å². The van der Waals surface area contributed by atoms with Crippen molar-refractivity contribution in [3.63, 3.8) is 0 Å². The molecule has 1 saturated carbocycles. The molecule has 2 aliphatic heterocycles. The van der Waals surface area contributed by atoms with Crippen LogP contribution in [0.3, 0.4) is 0 Å². The lowest BCUT2D eigenvalue weighted by molar-refractivity contribution is 0.0324. The summed E-state index contributed by atoms with van der Waals surface area (Å²) in [4.78, 5) is 0. The normalized spacial score (nSPS) is 42.8. The molecule has 1 aliphatic carbocycles. The highest BCUT2D eigenvalue weighted by atomic mass is 35.5. The number of aliphatic hydroxyl groups excluding tert-OH is 1. The fourth-order valence-electron chi connectivity index (χ4n) is 4.56. The van der Waals surface area contributed by atoms with E-state index in [1.165, 1.54) is 19.3 Å². The van der Waals surface area contributed by atoms with Gasteiger partial charge in [-0.05, 0) is 63.5 Å². The predicted octanol–water partition coefficient (Wildman–Crippen LogP) is 0.784. The largest absolute Gasteiger partial charge is 0.396 e. The van der Waals surface area contributed by atoms with Gasteiger partial charge >= 0.3 is 0 Å². The van der Waals surface area contributed by atoms with E-state index in [0.717, 1.165) is 50.7 Å². The number of alkyl halides is 1. The molecule has 0 radical (unpaired) electrons. The second-order valence-electron chi connectivity index (χ2n) is 7.16. The highest BCUT2D eigenvalue weighted by Crippen LogP contribution is 2.37. The molecule has 0 aromatic carbocycles. The second kappa shape index (κ2) is 8.27. The van der Waals surface area contributed by atoms with Crippen LogP contribution < -0.4 is 21.5 Å². The average molecular weight is 331 g/mol. The number of hydrogen-bond donors (Lipinski definition) is 5. The van der Waals surface area contributed by atoms with Crippen LogP contribution in [0.15, 0.2) is 0 Å². The lowest BCUT2D eigenvalue weighted by atomic mass is 9.70. The summed E-state index contributed by atoms with van der Waals surface area (Å²) < 4.78 is 0. The van der Waals surface area contributed by atoms with Crippen molar-refractivity contribution in [1.29, 1.82) is 0 Å². The maximum atomic E-state index is 8.96. The summed E-state index contributed by atoms with van der Waals surface area (Å²) in [5.41, 5.74) is 7.15. The van der Waals surface area contributed by atoms with Gasteiger partial charge < -0.3 is 15.7 Å². The molecule has 22 heavy (non-hydrogen) atoms. The lowest BCUT2D eigenvalue weighted by Gasteiger charge is -2.50. The molecule has 0 aromatic rings. The zero-order valence-electron chi connectivity index (χ0n) is 13.4. The van der Waals surface area contributed by atoms with Gasteiger partial charge in [-0.15, -0.1) is 11.6 Å². The Morgan fingerprint density at radius 3 is 2.64 bits per heavy atom. The first kappa shape index (κ1) is 16.9. The van der Waals surface area contributed by atoms with Gasteiger partial charge in [-0.2, -0.15) is 0 Å². The Morgan fingerprint density at radius 1 is 1.05 bits per heavy atom. The number of nitrogens with one attached hydrogen (secondary N) is 4. The highest BCUT2D eigenvalue weighted by molar-refractivity contribution is 6.20. The standard InChI is InChI=1S/C16H31ClN4O/c17-12-4-2-11(3-5-12)15-13-6-8-18-10-14(13)16(21-20-15)19-7-1-9-22/h11-16,18-22H,1-10H2.